The quantitative estimate of drug-likeness (QED) is 0.721. The van der Waals surface area contributed by atoms with E-state index in [0.29, 0.717) is 0 Å². The van der Waals surface area contributed by atoms with E-state index in [0.717, 1.165) is 30.0 Å². The molecule has 3 aromatic rings. The average molecular weight is 361 g/mol. The van der Waals surface area contributed by atoms with Gasteiger partial charge in [-0.15, -0.1) is 5.10 Å². The Hall–Kier alpha value is -2.69. The molecule has 5 nitrogen and oxygen atoms in total. The van der Waals surface area contributed by atoms with E-state index in [1.54, 1.807) is 0 Å². The number of anilines is 1. The number of nitrogens with one attached hydrogen (secondary N) is 1. The van der Waals surface area contributed by atoms with E-state index in [9.17, 15) is 0 Å². The summed E-state index contributed by atoms with van der Waals surface area (Å²) >= 11 is 0. The van der Waals surface area contributed by atoms with Crippen LogP contribution in [0.1, 0.15) is 54.6 Å². The lowest BCUT2D eigenvalue weighted by Gasteiger charge is -2.37. The van der Waals surface area contributed by atoms with Crippen molar-refractivity contribution in [3.05, 3.63) is 65.0 Å². The van der Waals surface area contributed by atoms with E-state index < -0.39 is 0 Å². The molecule has 140 valence electrons. The number of nitrogens with zero attached hydrogens (tertiary/aromatic N) is 4. The van der Waals surface area contributed by atoms with Crippen LogP contribution in [-0.4, -0.2) is 20.2 Å². The Morgan fingerprint density at radius 1 is 0.926 bits per heavy atom. The summed E-state index contributed by atoms with van der Waals surface area (Å²) in [7, 11) is 0. The summed E-state index contributed by atoms with van der Waals surface area (Å²) in [5.41, 5.74) is 5.67. The van der Waals surface area contributed by atoms with Crippen molar-refractivity contribution < 1.29 is 0 Å². The first kappa shape index (κ1) is 17.7. The molecule has 1 aliphatic carbocycles. The second kappa shape index (κ2) is 7.14. The van der Waals surface area contributed by atoms with Gasteiger partial charge in [-0.2, -0.15) is 4.68 Å². The standard InChI is InChI=1S/C22H27N5/c1-16-10-12-19(13-11-16)23-22(14-5-4-6-15-22)21-24-25-26-27(21)20-9-7-8-17(2)18(20)3/h7-13,23H,4-6,14-15H2,1-3H3. The van der Waals surface area contributed by atoms with E-state index in [4.69, 9.17) is 0 Å². The highest BCUT2D eigenvalue weighted by Crippen LogP contribution is 2.40. The summed E-state index contributed by atoms with van der Waals surface area (Å²) in [6, 6.07) is 14.9. The van der Waals surface area contributed by atoms with Crippen molar-refractivity contribution in [1.29, 1.82) is 0 Å². The van der Waals surface area contributed by atoms with Gasteiger partial charge in [-0.05, 0) is 73.4 Å². The van der Waals surface area contributed by atoms with Gasteiger partial charge in [-0.3, -0.25) is 0 Å². The molecule has 0 bridgehead atoms. The third-order valence-electron chi connectivity index (χ3n) is 5.84. The summed E-state index contributed by atoms with van der Waals surface area (Å²) in [5, 5.41) is 16.8. The Morgan fingerprint density at radius 3 is 2.41 bits per heavy atom. The second-order valence-electron chi connectivity index (χ2n) is 7.77. The predicted molar refractivity (Wildman–Crippen MR) is 108 cm³/mol. The highest BCUT2D eigenvalue weighted by molar-refractivity contribution is 5.49. The monoisotopic (exact) mass is 361 g/mol. The topological polar surface area (TPSA) is 55.6 Å². The minimum Gasteiger partial charge on any atom is -0.373 e. The number of benzene rings is 2. The lowest BCUT2D eigenvalue weighted by atomic mass is 9.80. The minimum atomic E-state index is -0.243. The predicted octanol–water partition coefficient (Wildman–Crippen LogP) is 4.86. The Morgan fingerprint density at radius 2 is 1.67 bits per heavy atom. The van der Waals surface area contributed by atoms with E-state index in [1.807, 2.05) is 4.68 Å². The number of tetrazole rings is 1. The maximum absolute atomic E-state index is 4.51. The van der Waals surface area contributed by atoms with Crippen LogP contribution in [-0.2, 0) is 5.54 Å². The normalized spacial score (nSPS) is 16.3. The first-order valence-corrected chi connectivity index (χ1v) is 9.79. The van der Waals surface area contributed by atoms with Gasteiger partial charge in [0, 0.05) is 5.69 Å². The van der Waals surface area contributed by atoms with Crippen LogP contribution in [0.25, 0.3) is 5.69 Å². The van der Waals surface area contributed by atoms with Crippen LogP contribution in [0.4, 0.5) is 5.69 Å². The van der Waals surface area contributed by atoms with E-state index in [-0.39, 0.29) is 5.54 Å². The van der Waals surface area contributed by atoms with Crippen molar-refractivity contribution >= 4 is 5.69 Å². The van der Waals surface area contributed by atoms with Crippen molar-refractivity contribution in [3.63, 3.8) is 0 Å². The molecule has 27 heavy (non-hydrogen) atoms. The van der Waals surface area contributed by atoms with Gasteiger partial charge in [-0.25, -0.2) is 0 Å². The van der Waals surface area contributed by atoms with Crippen molar-refractivity contribution in [2.24, 2.45) is 0 Å². The third kappa shape index (κ3) is 3.34. The van der Waals surface area contributed by atoms with Crippen LogP contribution < -0.4 is 5.32 Å². The van der Waals surface area contributed by atoms with E-state index in [1.165, 1.54) is 36.0 Å². The molecular formula is C22H27N5. The summed E-state index contributed by atoms with van der Waals surface area (Å²) < 4.78 is 1.94. The van der Waals surface area contributed by atoms with Gasteiger partial charge >= 0.3 is 0 Å². The zero-order chi connectivity index (χ0) is 18.9. The number of aromatic nitrogens is 4. The highest BCUT2D eigenvalue weighted by Gasteiger charge is 2.39. The molecule has 0 aliphatic heterocycles. The molecule has 0 atom stereocenters. The lowest BCUT2D eigenvalue weighted by molar-refractivity contribution is 0.309. The maximum atomic E-state index is 4.51. The molecule has 1 N–H and O–H groups in total. The Bertz CT molecular complexity index is 920. The molecule has 1 saturated carbocycles. The molecule has 4 rings (SSSR count). The number of hydrogen-bond acceptors (Lipinski definition) is 4. The number of aryl methyl sites for hydroxylation is 2. The maximum Gasteiger partial charge on any atom is 0.181 e. The molecule has 1 aliphatic rings. The third-order valence-corrected chi connectivity index (χ3v) is 5.84. The van der Waals surface area contributed by atoms with Gasteiger partial charge in [0.05, 0.1) is 11.2 Å². The van der Waals surface area contributed by atoms with Crippen molar-refractivity contribution in [2.45, 2.75) is 58.4 Å². The van der Waals surface area contributed by atoms with Gasteiger partial charge in [0.2, 0.25) is 0 Å². The molecule has 0 spiro atoms. The van der Waals surface area contributed by atoms with Crippen LogP contribution in [0.3, 0.4) is 0 Å². The molecule has 5 heteroatoms. The van der Waals surface area contributed by atoms with Gasteiger partial charge in [0.15, 0.2) is 5.82 Å². The lowest BCUT2D eigenvalue weighted by Crippen LogP contribution is -2.40. The fraction of sp³-hybridized carbons (Fsp3) is 0.409. The fourth-order valence-electron chi connectivity index (χ4n) is 4.09. The molecule has 1 aromatic heterocycles. The Labute approximate surface area is 160 Å². The number of hydrogen-bond donors (Lipinski definition) is 1. The zero-order valence-electron chi connectivity index (χ0n) is 16.4. The Kier molecular flexibility index (Phi) is 4.68. The van der Waals surface area contributed by atoms with Crippen molar-refractivity contribution in [1.82, 2.24) is 20.2 Å². The summed E-state index contributed by atoms with van der Waals surface area (Å²) in [6.45, 7) is 6.38. The zero-order valence-corrected chi connectivity index (χ0v) is 16.4. The molecule has 0 radical (unpaired) electrons. The average Bonchev–Trinajstić information content (AvgIpc) is 3.17. The van der Waals surface area contributed by atoms with Crippen molar-refractivity contribution in [3.8, 4) is 5.69 Å². The van der Waals surface area contributed by atoms with Gasteiger partial charge in [0.25, 0.3) is 0 Å². The smallest absolute Gasteiger partial charge is 0.181 e. The molecule has 2 aromatic carbocycles. The molecule has 1 fully saturated rings. The SMILES string of the molecule is Cc1ccc(NC2(c3nnnn3-c3cccc(C)c3C)CCCCC2)cc1. The van der Waals surface area contributed by atoms with Gasteiger partial charge < -0.3 is 5.32 Å². The van der Waals surface area contributed by atoms with Crippen LogP contribution in [0.2, 0.25) is 0 Å². The van der Waals surface area contributed by atoms with Crippen molar-refractivity contribution in [2.75, 3.05) is 5.32 Å². The molecule has 0 amide bonds. The first-order chi connectivity index (χ1) is 13.1. The number of rotatable bonds is 4. The van der Waals surface area contributed by atoms with Gasteiger partial charge in [0.1, 0.15) is 0 Å². The largest absolute Gasteiger partial charge is 0.373 e. The van der Waals surface area contributed by atoms with Crippen LogP contribution in [0.15, 0.2) is 42.5 Å². The van der Waals surface area contributed by atoms with Gasteiger partial charge in [-0.1, -0.05) is 49.1 Å². The summed E-state index contributed by atoms with van der Waals surface area (Å²) in [6.07, 6.45) is 5.69. The molecule has 1 heterocycles. The minimum absolute atomic E-state index is 0.243. The molecule has 0 saturated heterocycles. The van der Waals surface area contributed by atoms with E-state index in [2.05, 4.69) is 84.1 Å². The molecule has 0 unspecified atom stereocenters. The van der Waals surface area contributed by atoms with E-state index >= 15 is 0 Å². The second-order valence-corrected chi connectivity index (χ2v) is 7.77. The van der Waals surface area contributed by atoms with Crippen LogP contribution >= 0.6 is 0 Å². The Balaban J connectivity index is 1.79. The van der Waals surface area contributed by atoms with Crippen LogP contribution in [0, 0.1) is 20.8 Å². The van der Waals surface area contributed by atoms with Crippen LogP contribution in [0.5, 0.6) is 0 Å². The summed E-state index contributed by atoms with van der Waals surface area (Å²) in [4.78, 5) is 0. The fourth-order valence-corrected chi connectivity index (χ4v) is 4.09. The first-order valence-electron chi connectivity index (χ1n) is 9.79. The molecular weight excluding hydrogens is 334 g/mol. The highest BCUT2D eigenvalue weighted by atomic mass is 15.6. The summed E-state index contributed by atoms with van der Waals surface area (Å²) in [5.74, 6) is 0.913.